The summed E-state index contributed by atoms with van der Waals surface area (Å²) >= 11 is 0. The number of nitrogens with one attached hydrogen (secondary N) is 2. The van der Waals surface area contributed by atoms with Crippen LogP contribution in [-0.4, -0.2) is 33.1 Å². The number of benzene rings is 2. The van der Waals surface area contributed by atoms with Crippen molar-refractivity contribution >= 4 is 28.5 Å². The van der Waals surface area contributed by atoms with E-state index in [0.717, 1.165) is 23.1 Å². The van der Waals surface area contributed by atoms with Gasteiger partial charge < -0.3 is 10.6 Å². The van der Waals surface area contributed by atoms with Crippen molar-refractivity contribution < 1.29 is 9.59 Å². The molecule has 0 bridgehead atoms. The van der Waals surface area contributed by atoms with Crippen LogP contribution in [0.3, 0.4) is 0 Å². The van der Waals surface area contributed by atoms with Gasteiger partial charge in [-0.25, -0.2) is 4.98 Å². The Hall–Kier alpha value is -4.00. The van der Waals surface area contributed by atoms with Gasteiger partial charge in [0, 0.05) is 30.4 Å². The molecular formula is C25H25N5O2. The summed E-state index contributed by atoms with van der Waals surface area (Å²) in [5.74, 6) is -0.382. The summed E-state index contributed by atoms with van der Waals surface area (Å²) in [6.07, 6.45) is 0.874. The number of rotatable bonds is 6. The minimum atomic E-state index is -0.256. The minimum Gasteiger partial charge on any atom is -0.352 e. The van der Waals surface area contributed by atoms with E-state index in [9.17, 15) is 9.59 Å². The Kier molecular flexibility index (Phi) is 5.98. The Labute approximate surface area is 186 Å². The SMILES string of the molecule is CCCNC(=O)c1ccc(NC(=O)c2cc(-c3ccccc3)nc3c2c(C)nn3C)cc1. The lowest BCUT2D eigenvalue weighted by Crippen LogP contribution is -2.23. The molecule has 0 saturated carbocycles. The molecule has 4 rings (SSSR count). The van der Waals surface area contributed by atoms with Crippen LogP contribution in [0.5, 0.6) is 0 Å². The third-order valence-corrected chi connectivity index (χ3v) is 5.22. The summed E-state index contributed by atoms with van der Waals surface area (Å²) in [5.41, 5.74) is 4.68. The van der Waals surface area contributed by atoms with Crippen LogP contribution >= 0.6 is 0 Å². The normalized spacial score (nSPS) is 10.8. The van der Waals surface area contributed by atoms with Gasteiger partial charge in [-0.3, -0.25) is 14.3 Å². The van der Waals surface area contributed by atoms with Crippen LogP contribution in [0.4, 0.5) is 5.69 Å². The second-order valence-electron chi connectivity index (χ2n) is 7.62. The molecule has 162 valence electrons. The Balaban J connectivity index is 1.67. The van der Waals surface area contributed by atoms with Gasteiger partial charge in [0.2, 0.25) is 0 Å². The Morgan fingerprint density at radius 3 is 2.41 bits per heavy atom. The van der Waals surface area contributed by atoms with Gasteiger partial charge in [-0.1, -0.05) is 37.3 Å². The first-order chi connectivity index (χ1) is 15.5. The second-order valence-corrected chi connectivity index (χ2v) is 7.62. The van der Waals surface area contributed by atoms with Crippen molar-refractivity contribution in [2.75, 3.05) is 11.9 Å². The van der Waals surface area contributed by atoms with Crippen molar-refractivity contribution in [1.82, 2.24) is 20.1 Å². The number of amides is 2. The van der Waals surface area contributed by atoms with E-state index >= 15 is 0 Å². The molecule has 2 heterocycles. The monoisotopic (exact) mass is 427 g/mol. The van der Waals surface area contributed by atoms with Crippen LogP contribution in [0.25, 0.3) is 22.3 Å². The fraction of sp³-hybridized carbons (Fsp3) is 0.200. The van der Waals surface area contributed by atoms with E-state index in [2.05, 4.69) is 15.7 Å². The fourth-order valence-corrected chi connectivity index (χ4v) is 3.62. The molecule has 2 aromatic heterocycles. The average molecular weight is 428 g/mol. The largest absolute Gasteiger partial charge is 0.352 e. The van der Waals surface area contributed by atoms with Crippen molar-refractivity contribution in [3.8, 4) is 11.3 Å². The van der Waals surface area contributed by atoms with Crippen LogP contribution < -0.4 is 10.6 Å². The second kappa shape index (κ2) is 9.01. The number of pyridine rings is 1. The number of aromatic nitrogens is 3. The lowest BCUT2D eigenvalue weighted by molar-refractivity contribution is 0.0953. The highest BCUT2D eigenvalue weighted by molar-refractivity contribution is 6.13. The van der Waals surface area contributed by atoms with Crippen LogP contribution in [0.1, 0.15) is 39.8 Å². The number of hydrogen-bond donors (Lipinski definition) is 2. The summed E-state index contributed by atoms with van der Waals surface area (Å²) in [4.78, 5) is 30.1. The van der Waals surface area contributed by atoms with Gasteiger partial charge in [-0.2, -0.15) is 5.10 Å². The summed E-state index contributed by atoms with van der Waals surface area (Å²) in [5, 5.41) is 11.0. The average Bonchev–Trinajstić information content (AvgIpc) is 3.11. The van der Waals surface area contributed by atoms with Crippen molar-refractivity contribution in [2.45, 2.75) is 20.3 Å². The van der Waals surface area contributed by atoms with E-state index in [1.165, 1.54) is 0 Å². The number of carbonyl (C=O) groups excluding carboxylic acids is 2. The Bertz CT molecular complexity index is 1280. The van der Waals surface area contributed by atoms with E-state index in [0.29, 0.717) is 34.7 Å². The molecule has 0 fully saturated rings. The van der Waals surface area contributed by atoms with Crippen molar-refractivity contribution in [1.29, 1.82) is 0 Å². The number of aryl methyl sites for hydroxylation is 2. The van der Waals surface area contributed by atoms with Gasteiger partial charge in [-0.05, 0) is 43.7 Å². The molecule has 0 aliphatic carbocycles. The zero-order chi connectivity index (χ0) is 22.7. The Morgan fingerprint density at radius 2 is 1.72 bits per heavy atom. The summed E-state index contributed by atoms with van der Waals surface area (Å²) in [6, 6.07) is 18.4. The zero-order valence-corrected chi connectivity index (χ0v) is 18.3. The summed E-state index contributed by atoms with van der Waals surface area (Å²) < 4.78 is 1.69. The van der Waals surface area contributed by atoms with Crippen molar-refractivity contribution in [3.05, 3.63) is 77.5 Å². The maximum atomic E-state index is 13.3. The molecule has 0 saturated heterocycles. The maximum absolute atomic E-state index is 13.3. The summed E-state index contributed by atoms with van der Waals surface area (Å²) in [6.45, 7) is 4.50. The highest BCUT2D eigenvalue weighted by Gasteiger charge is 2.19. The highest BCUT2D eigenvalue weighted by atomic mass is 16.2. The first-order valence-electron chi connectivity index (χ1n) is 10.6. The van der Waals surface area contributed by atoms with Gasteiger partial charge in [0.25, 0.3) is 11.8 Å². The van der Waals surface area contributed by atoms with E-state index < -0.39 is 0 Å². The van der Waals surface area contributed by atoms with E-state index in [1.54, 1.807) is 35.0 Å². The highest BCUT2D eigenvalue weighted by Crippen LogP contribution is 2.27. The van der Waals surface area contributed by atoms with Crippen LogP contribution in [0.15, 0.2) is 60.7 Å². The van der Waals surface area contributed by atoms with Gasteiger partial charge >= 0.3 is 0 Å². The third-order valence-electron chi connectivity index (χ3n) is 5.22. The lowest BCUT2D eigenvalue weighted by atomic mass is 10.0. The lowest BCUT2D eigenvalue weighted by Gasteiger charge is -2.10. The number of fused-ring (bicyclic) bond motifs is 1. The molecule has 0 aliphatic heterocycles. The number of nitrogens with zero attached hydrogens (tertiary/aromatic N) is 3. The molecule has 0 spiro atoms. The van der Waals surface area contributed by atoms with E-state index in [4.69, 9.17) is 4.98 Å². The molecule has 7 heteroatoms. The van der Waals surface area contributed by atoms with Crippen LogP contribution in [0, 0.1) is 6.92 Å². The maximum Gasteiger partial charge on any atom is 0.256 e. The zero-order valence-electron chi connectivity index (χ0n) is 18.3. The smallest absolute Gasteiger partial charge is 0.256 e. The number of carbonyl (C=O) groups is 2. The van der Waals surface area contributed by atoms with Crippen LogP contribution in [0.2, 0.25) is 0 Å². The quantitative estimate of drug-likeness (QED) is 0.479. The first-order valence-corrected chi connectivity index (χ1v) is 10.6. The molecule has 2 N–H and O–H groups in total. The topological polar surface area (TPSA) is 88.9 Å². The first kappa shape index (κ1) is 21.2. The van der Waals surface area contributed by atoms with Gasteiger partial charge in [0.1, 0.15) is 0 Å². The molecule has 2 amide bonds. The molecule has 0 aliphatic rings. The number of anilines is 1. The number of hydrogen-bond acceptors (Lipinski definition) is 4. The van der Waals surface area contributed by atoms with Gasteiger partial charge in [-0.15, -0.1) is 0 Å². The predicted molar refractivity (Wildman–Crippen MR) is 126 cm³/mol. The standard InChI is InChI=1S/C25H25N5O2/c1-4-14-26-24(31)18-10-12-19(13-11-18)27-25(32)20-15-21(17-8-6-5-7-9-17)28-23-22(20)16(2)29-30(23)3/h5-13,15H,4,14H2,1-3H3,(H,26,31)(H,27,32). The molecule has 0 atom stereocenters. The molecule has 32 heavy (non-hydrogen) atoms. The van der Waals surface area contributed by atoms with Gasteiger partial charge in [0.15, 0.2) is 5.65 Å². The van der Waals surface area contributed by atoms with E-state index in [-0.39, 0.29) is 11.8 Å². The molecule has 0 radical (unpaired) electrons. The van der Waals surface area contributed by atoms with Crippen LogP contribution in [-0.2, 0) is 7.05 Å². The van der Waals surface area contributed by atoms with Gasteiger partial charge in [0.05, 0.1) is 22.3 Å². The van der Waals surface area contributed by atoms with E-state index in [1.807, 2.05) is 51.2 Å². The van der Waals surface area contributed by atoms with Crippen molar-refractivity contribution in [3.63, 3.8) is 0 Å². The molecule has 4 aromatic rings. The third kappa shape index (κ3) is 4.23. The van der Waals surface area contributed by atoms with Crippen molar-refractivity contribution in [2.24, 2.45) is 7.05 Å². The predicted octanol–water partition coefficient (Wildman–Crippen LogP) is 4.34. The Morgan fingerprint density at radius 1 is 1.00 bits per heavy atom. The fourth-order valence-electron chi connectivity index (χ4n) is 3.62. The molecule has 0 unspecified atom stereocenters. The molecule has 7 nitrogen and oxygen atoms in total. The molecule has 2 aromatic carbocycles. The minimum absolute atomic E-state index is 0.126. The summed E-state index contributed by atoms with van der Waals surface area (Å²) in [7, 11) is 1.82. The molecular weight excluding hydrogens is 402 g/mol.